The highest BCUT2D eigenvalue weighted by Gasteiger charge is 2.41. The van der Waals surface area contributed by atoms with Crippen molar-refractivity contribution in [2.24, 2.45) is 18.9 Å². The van der Waals surface area contributed by atoms with Gasteiger partial charge in [-0.15, -0.1) is 5.10 Å². The number of ether oxygens (including phenoxy) is 1. The Kier molecular flexibility index (Phi) is 4.61. The monoisotopic (exact) mass is 321 g/mol. The Morgan fingerprint density at radius 2 is 2.35 bits per heavy atom. The molecule has 1 saturated heterocycles. The van der Waals surface area contributed by atoms with Crippen LogP contribution in [-0.2, 0) is 16.6 Å². The summed E-state index contributed by atoms with van der Waals surface area (Å²) >= 11 is 0. The Balaban J connectivity index is 1.60. The minimum Gasteiger partial charge on any atom is -0.384 e. The third-order valence-electron chi connectivity index (χ3n) is 4.85. The van der Waals surface area contributed by atoms with E-state index in [1.54, 1.807) is 20.4 Å². The maximum absolute atomic E-state index is 12.2. The minimum absolute atomic E-state index is 0.0485. The molecule has 8 heteroatoms. The molecule has 0 aromatic carbocycles. The molecule has 0 bridgehead atoms. The molecule has 0 spiro atoms. The summed E-state index contributed by atoms with van der Waals surface area (Å²) in [6.45, 7) is 0.616. The summed E-state index contributed by atoms with van der Waals surface area (Å²) < 4.78 is 6.77. The van der Waals surface area contributed by atoms with Gasteiger partial charge in [0, 0.05) is 39.3 Å². The van der Waals surface area contributed by atoms with Gasteiger partial charge in [-0.2, -0.15) is 0 Å². The van der Waals surface area contributed by atoms with E-state index in [4.69, 9.17) is 4.74 Å². The van der Waals surface area contributed by atoms with Gasteiger partial charge in [0.05, 0.1) is 6.20 Å². The standard InChI is InChI=1S/C15H23N5O3/c1-20-7-13(18-19-20)15(22)16-10-3-4-11-9(8-23-2)5-14(21)17-12(11)6-10/h7,9-12H,3-6,8H2,1-2H3,(H,16,22)(H,17,21). The number of carbonyl (C=O) groups excluding carboxylic acids is 2. The van der Waals surface area contributed by atoms with E-state index in [0.717, 1.165) is 19.3 Å². The number of nitrogens with zero attached hydrogens (tertiary/aromatic N) is 3. The molecular weight excluding hydrogens is 298 g/mol. The predicted molar refractivity (Wildman–Crippen MR) is 81.5 cm³/mol. The van der Waals surface area contributed by atoms with Crippen LogP contribution in [0.25, 0.3) is 0 Å². The number of fused-ring (bicyclic) bond motifs is 1. The van der Waals surface area contributed by atoms with Gasteiger partial charge in [0.15, 0.2) is 5.69 Å². The number of hydrogen-bond acceptors (Lipinski definition) is 5. The van der Waals surface area contributed by atoms with Gasteiger partial charge in [-0.25, -0.2) is 0 Å². The van der Waals surface area contributed by atoms with Crippen LogP contribution < -0.4 is 10.6 Å². The van der Waals surface area contributed by atoms with E-state index in [1.165, 1.54) is 4.68 Å². The second-order valence-electron chi connectivity index (χ2n) is 6.52. The van der Waals surface area contributed by atoms with Crippen molar-refractivity contribution >= 4 is 11.8 Å². The predicted octanol–water partition coefficient (Wildman–Crippen LogP) is -0.135. The lowest BCUT2D eigenvalue weighted by molar-refractivity contribution is -0.128. The Morgan fingerprint density at radius 3 is 3.04 bits per heavy atom. The molecule has 2 fully saturated rings. The third-order valence-corrected chi connectivity index (χ3v) is 4.85. The van der Waals surface area contributed by atoms with E-state index in [9.17, 15) is 9.59 Å². The van der Waals surface area contributed by atoms with Gasteiger partial charge in [0.1, 0.15) is 0 Å². The number of methoxy groups -OCH3 is 1. The summed E-state index contributed by atoms with van der Waals surface area (Å²) in [5.74, 6) is 0.569. The molecule has 4 unspecified atom stereocenters. The van der Waals surface area contributed by atoms with E-state index >= 15 is 0 Å². The van der Waals surface area contributed by atoms with Crippen molar-refractivity contribution in [1.29, 1.82) is 0 Å². The number of hydrogen-bond donors (Lipinski definition) is 2. The summed E-state index contributed by atoms with van der Waals surface area (Å²) in [5.41, 5.74) is 0.319. The van der Waals surface area contributed by atoms with E-state index < -0.39 is 0 Å². The molecule has 0 radical (unpaired) electrons. The first kappa shape index (κ1) is 15.9. The number of rotatable bonds is 4. The molecule has 1 aromatic rings. The van der Waals surface area contributed by atoms with E-state index in [0.29, 0.717) is 24.6 Å². The summed E-state index contributed by atoms with van der Waals surface area (Å²) in [5, 5.41) is 13.7. The molecule has 1 aliphatic carbocycles. The number of aromatic nitrogens is 3. The zero-order valence-electron chi connectivity index (χ0n) is 13.5. The lowest BCUT2D eigenvalue weighted by Crippen LogP contribution is -2.56. The molecule has 2 aliphatic rings. The number of carbonyl (C=O) groups is 2. The van der Waals surface area contributed by atoms with Crippen molar-refractivity contribution in [3.63, 3.8) is 0 Å². The molecule has 2 heterocycles. The quantitative estimate of drug-likeness (QED) is 0.805. The Labute approximate surface area is 134 Å². The summed E-state index contributed by atoms with van der Waals surface area (Å²) in [6, 6.07) is 0.157. The van der Waals surface area contributed by atoms with Crippen LogP contribution in [-0.4, -0.2) is 52.6 Å². The van der Waals surface area contributed by atoms with Crippen molar-refractivity contribution in [3.05, 3.63) is 11.9 Å². The average molecular weight is 321 g/mol. The molecule has 1 aromatic heterocycles. The van der Waals surface area contributed by atoms with E-state index in [1.807, 2.05) is 0 Å². The van der Waals surface area contributed by atoms with Gasteiger partial charge in [-0.05, 0) is 31.1 Å². The topological polar surface area (TPSA) is 98.1 Å². The van der Waals surface area contributed by atoms with Crippen molar-refractivity contribution in [2.45, 2.75) is 37.8 Å². The minimum atomic E-state index is -0.211. The second kappa shape index (κ2) is 6.66. The van der Waals surface area contributed by atoms with Crippen LogP contribution in [0.5, 0.6) is 0 Å². The molecule has 3 rings (SSSR count). The van der Waals surface area contributed by atoms with Crippen molar-refractivity contribution in [3.8, 4) is 0 Å². The molecule has 2 N–H and O–H groups in total. The van der Waals surface area contributed by atoms with Crippen LogP contribution in [0.1, 0.15) is 36.2 Å². The van der Waals surface area contributed by atoms with Crippen LogP contribution in [0, 0.1) is 11.8 Å². The van der Waals surface area contributed by atoms with Gasteiger partial charge >= 0.3 is 0 Å². The molecule has 8 nitrogen and oxygen atoms in total. The van der Waals surface area contributed by atoms with Gasteiger partial charge in [0.25, 0.3) is 5.91 Å². The van der Waals surface area contributed by atoms with Crippen molar-refractivity contribution in [2.75, 3.05) is 13.7 Å². The first-order chi connectivity index (χ1) is 11.1. The molecule has 4 atom stereocenters. The fourth-order valence-electron chi connectivity index (χ4n) is 3.82. The largest absolute Gasteiger partial charge is 0.384 e. The lowest BCUT2D eigenvalue weighted by atomic mass is 9.71. The Hall–Kier alpha value is -1.96. The summed E-state index contributed by atoms with van der Waals surface area (Å²) in [4.78, 5) is 24.1. The lowest BCUT2D eigenvalue weighted by Gasteiger charge is -2.43. The molecule has 1 aliphatic heterocycles. The van der Waals surface area contributed by atoms with Crippen LogP contribution in [0.15, 0.2) is 6.20 Å². The first-order valence-corrected chi connectivity index (χ1v) is 8.02. The van der Waals surface area contributed by atoms with Crippen molar-refractivity contribution in [1.82, 2.24) is 25.6 Å². The van der Waals surface area contributed by atoms with Crippen LogP contribution in [0.4, 0.5) is 0 Å². The Bertz CT molecular complexity index is 587. The van der Waals surface area contributed by atoms with Crippen molar-refractivity contribution < 1.29 is 14.3 Å². The number of piperidine rings is 1. The highest BCUT2D eigenvalue weighted by Crippen LogP contribution is 2.35. The maximum Gasteiger partial charge on any atom is 0.273 e. The van der Waals surface area contributed by atoms with Crippen LogP contribution >= 0.6 is 0 Å². The SMILES string of the molecule is COCC1CC(=O)NC2CC(NC(=O)c3cn(C)nn3)CCC12. The zero-order chi connectivity index (χ0) is 16.4. The zero-order valence-corrected chi connectivity index (χ0v) is 13.5. The number of nitrogens with one attached hydrogen (secondary N) is 2. The second-order valence-corrected chi connectivity index (χ2v) is 6.52. The maximum atomic E-state index is 12.2. The third kappa shape index (κ3) is 3.52. The molecular formula is C15H23N5O3. The fourth-order valence-corrected chi connectivity index (χ4v) is 3.82. The van der Waals surface area contributed by atoms with Crippen LogP contribution in [0.2, 0.25) is 0 Å². The van der Waals surface area contributed by atoms with Crippen LogP contribution in [0.3, 0.4) is 0 Å². The fraction of sp³-hybridized carbons (Fsp3) is 0.733. The van der Waals surface area contributed by atoms with Gasteiger partial charge in [-0.3, -0.25) is 14.3 Å². The van der Waals surface area contributed by atoms with E-state index in [-0.39, 0.29) is 29.8 Å². The molecule has 23 heavy (non-hydrogen) atoms. The van der Waals surface area contributed by atoms with E-state index in [2.05, 4.69) is 20.9 Å². The number of amides is 2. The Morgan fingerprint density at radius 1 is 1.52 bits per heavy atom. The summed E-state index contributed by atoms with van der Waals surface area (Å²) in [7, 11) is 3.40. The first-order valence-electron chi connectivity index (χ1n) is 8.02. The molecule has 126 valence electrons. The normalized spacial score (nSPS) is 30.4. The highest BCUT2D eigenvalue weighted by atomic mass is 16.5. The summed E-state index contributed by atoms with van der Waals surface area (Å²) in [6.07, 6.45) is 4.76. The highest BCUT2D eigenvalue weighted by molar-refractivity contribution is 5.92. The number of aryl methyl sites for hydroxylation is 1. The van der Waals surface area contributed by atoms with Gasteiger partial charge in [-0.1, -0.05) is 5.21 Å². The smallest absolute Gasteiger partial charge is 0.273 e. The van der Waals surface area contributed by atoms with Gasteiger partial charge < -0.3 is 15.4 Å². The molecule has 2 amide bonds. The average Bonchev–Trinajstić information content (AvgIpc) is 2.94. The molecule has 1 saturated carbocycles. The van der Waals surface area contributed by atoms with Gasteiger partial charge in [0.2, 0.25) is 5.91 Å².